The zero-order valence-electron chi connectivity index (χ0n) is 9.38. The summed E-state index contributed by atoms with van der Waals surface area (Å²) in [5.41, 5.74) is 0.218. The zero-order valence-corrected chi connectivity index (χ0v) is 10.2. The first-order valence-electron chi connectivity index (χ1n) is 5.02. The number of carbonyl (C=O) groups excluding carboxylic acids is 1. The van der Waals surface area contributed by atoms with E-state index in [1.165, 1.54) is 37.2 Å². The molecular weight excluding hydrogens is 242 g/mol. The molecule has 1 N–H and O–H groups in total. The predicted molar refractivity (Wildman–Crippen MR) is 63.2 cm³/mol. The number of methoxy groups -OCH3 is 1. The fourth-order valence-corrected chi connectivity index (χ4v) is 1.96. The van der Waals surface area contributed by atoms with Gasteiger partial charge in [0.1, 0.15) is 0 Å². The van der Waals surface area contributed by atoms with Crippen molar-refractivity contribution < 1.29 is 19.4 Å². The molecule has 6 heteroatoms. The van der Waals surface area contributed by atoms with E-state index in [1.807, 2.05) is 0 Å². The monoisotopic (exact) mass is 255 g/mol. The number of rotatable bonds is 6. The molecule has 0 aliphatic heterocycles. The van der Waals surface area contributed by atoms with Crippen molar-refractivity contribution in [3.05, 3.63) is 23.9 Å². The zero-order chi connectivity index (χ0) is 12.7. The Kier molecular flexibility index (Phi) is 5.48. The fraction of sp³-hybridized carbons (Fsp3) is 0.364. The van der Waals surface area contributed by atoms with Gasteiger partial charge in [0.2, 0.25) is 0 Å². The average molecular weight is 255 g/mol. The molecule has 0 saturated heterocycles. The first-order chi connectivity index (χ1) is 8.13. The van der Waals surface area contributed by atoms with Gasteiger partial charge in [0.15, 0.2) is 0 Å². The number of aromatic carboxylic acids is 1. The van der Waals surface area contributed by atoms with Crippen molar-refractivity contribution in [2.24, 2.45) is 0 Å². The van der Waals surface area contributed by atoms with E-state index in [4.69, 9.17) is 5.11 Å². The average Bonchev–Trinajstić information content (AvgIpc) is 2.34. The van der Waals surface area contributed by atoms with Crippen LogP contribution in [0.15, 0.2) is 23.4 Å². The molecule has 0 bridgehead atoms. The van der Waals surface area contributed by atoms with E-state index in [-0.39, 0.29) is 11.5 Å². The molecule has 1 heterocycles. The molecule has 0 unspecified atom stereocenters. The molecule has 0 aromatic carbocycles. The lowest BCUT2D eigenvalue weighted by Gasteiger charge is -2.01. The summed E-state index contributed by atoms with van der Waals surface area (Å²) >= 11 is 1.42. The van der Waals surface area contributed by atoms with Crippen LogP contribution in [0.1, 0.15) is 23.2 Å². The number of aromatic nitrogens is 1. The Balaban J connectivity index is 2.39. The molecule has 17 heavy (non-hydrogen) atoms. The number of hydrogen-bond donors (Lipinski definition) is 1. The van der Waals surface area contributed by atoms with Crippen molar-refractivity contribution in [1.29, 1.82) is 0 Å². The largest absolute Gasteiger partial charge is 0.478 e. The van der Waals surface area contributed by atoms with Crippen LogP contribution in [0.5, 0.6) is 0 Å². The standard InChI is InChI=1S/C11H13NO4S/c1-16-10(13)3-2-6-17-9-7-8(11(14)15)4-5-12-9/h4-5,7H,2-3,6H2,1H3,(H,14,15). The van der Waals surface area contributed by atoms with Crippen molar-refractivity contribution in [1.82, 2.24) is 4.98 Å². The molecule has 0 spiro atoms. The maximum absolute atomic E-state index is 10.8. The van der Waals surface area contributed by atoms with Crippen LogP contribution in [0.2, 0.25) is 0 Å². The minimum Gasteiger partial charge on any atom is -0.478 e. The van der Waals surface area contributed by atoms with Crippen LogP contribution in [-0.4, -0.2) is 34.9 Å². The summed E-state index contributed by atoms with van der Waals surface area (Å²) in [5, 5.41) is 9.44. The molecular formula is C11H13NO4S. The van der Waals surface area contributed by atoms with E-state index < -0.39 is 5.97 Å². The Morgan fingerprint density at radius 3 is 2.94 bits per heavy atom. The Morgan fingerprint density at radius 2 is 2.29 bits per heavy atom. The van der Waals surface area contributed by atoms with Crippen LogP contribution in [0, 0.1) is 0 Å². The molecule has 92 valence electrons. The summed E-state index contributed by atoms with van der Waals surface area (Å²) in [5.74, 6) is -0.507. The SMILES string of the molecule is COC(=O)CCCSc1cc(C(=O)O)ccn1. The van der Waals surface area contributed by atoms with Gasteiger partial charge in [-0.25, -0.2) is 9.78 Å². The number of esters is 1. The molecule has 0 atom stereocenters. The van der Waals surface area contributed by atoms with E-state index in [9.17, 15) is 9.59 Å². The summed E-state index contributed by atoms with van der Waals surface area (Å²) in [7, 11) is 1.35. The predicted octanol–water partition coefficient (Wildman–Crippen LogP) is 1.83. The van der Waals surface area contributed by atoms with Gasteiger partial charge in [0, 0.05) is 18.4 Å². The summed E-state index contributed by atoms with van der Waals surface area (Å²) in [6, 6.07) is 2.96. The van der Waals surface area contributed by atoms with E-state index in [2.05, 4.69) is 9.72 Å². The Morgan fingerprint density at radius 1 is 1.53 bits per heavy atom. The van der Waals surface area contributed by atoms with Crippen molar-refractivity contribution in [3.8, 4) is 0 Å². The highest BCUT2D eigenvalue weighted by atomic mass is 32.2. The Bertz CT molecular complexity index is 408. The molecule has 0 radical (unpaired) electrons. The highest BCUT2D eigenvalue weighted by molar-refractivity contribution is 7.99. The number of carbonyl (C=O) groups is 2. The van der Waals surface area contributed by atoms with Gasteiger partial charge in [-0.1, -0.05) is 0 Å². The van der Waals surface area contributed by atoms with Crippen LogP contribution in [0.3, 0.4) is 0 Å². The smallest absolute Gasteiger partial charge is 0.335 e. The van der Waals surface area contributed by atoms with Gasteiger partial charge < -0.3 is 9.84 Å². The summed E-state index contributed by atoms with van der Waals surface area (Å²) in [6.45, 7) is 0. The van der Waals surface area contributed by atoms with Gasteiger partial charge in [-0.2, -0.15) is 0 Å². The number of thioether (sulfide) groups is 1. The summed E-state index contributed by atoms with van der Waals surface area (Å²) in [4.78, 5) is 25.6. The Labute approximate surface area is 103 Å². The molecule has 0 amide bonds. The van der Waals surface area contributed by atoms with E-state index in [1.54, 1.807) is 0 Å². The van der Waals surface area contributed by atoms with E-state index >= 15 is 0 Å². The number of ether oxygens (including phenoxy) is 1. The quantitative estimate of drug-likeness (QED) is 0.474. The summed E-state index contributed by atoms with van der Waals surface area (Å²) in [6.07, 6.45) is 2.50. The maximum atomic E-state index is 10.8. The van der Waals surface area contributed by atoms with Crippen molar-refractivity contribution in [2.45, 2.75) is 17.9 Å². The van der Waals surface area contributed by atoms with Crippen molar-refractivity contribution >= 4 is 23.7 Å². The highest BCUT2D eigenvalue weighted by Gasteiger charge is 2.05. The molecule has 1 rings (SSSR count). The molecule has 1 aromatic rings. The van der Waals surface area contributed by atoms with Gasteiger partial charge in [0.05, 0.1) is 17.7 Å². The topological polar surface area (TPSA) is 76.5 Å². The minimum absolute atomic E-state index is 0.218. The van der Waals surface area contributed by atoms with E-state index in [0.717, 1.165) is 0 Å². The van der Waals surface area contributed by atoms with Gasteiger partial charge in [-0.05, 0) is 18.6 Å². The van der Waals surface area contributed by atoms with Crippen LogP contribution in [0.25, 0.3) is 0 Å². The molecule has 0 saturated carbocycles. The van der Waals surface area contributed by atoms with Crippen LogP contribution in [0.4, 0.5) is 0 Å². The normalized spacial score (nSPS) is 9.94. The lowest BCUT2D eigenvalue weighted by atomic mass is 10.3. The number of hydrogen-bond acceptors (Lipinski definition) is 5. The molecule has 1 aromatic heterocycles. The highest BCUT2D eigenvalue weighted by Crippen LogP contribution is 2.17. The lowest BCUT2D eigenvalue weighted by molar-refractivity contribution is -0.140. The van der Waals surface area contributed by atoms with Crippen LogP contribution in [-0.2, 0) is 9.53 Å². The third-order valence-electron chi connectivity index (χ3n) is 1.98. The number of carboxylic acids is 1. The van der Waals surface area contributed by atoms with Crippen molar-refractivity contribution in [3.63, 3.8) is 0 Å². The second-order valence-electron chi connectivity index (χ2n) is 3.22. The number of nitrogens with zero attached hydrogens (tertiary/aromatic N) is 1. The van der Waals surface area contributed by atoms with Gasteiger partial charge in [-0.3, -0.25) is 4.79 Å². The second-order valence-corrected chi connectivity index (χ2v) is 4.33. The third kappa shape index (κ3) is 4.86. The molecule has 5 nitrogen and oxygen atoms in total. The summed E-state index contributed by atoms with van der Waals surface area (Å²) < 4.78 is 4.51. The molecule has 0 fully saturated rings. The number of pyridine rings is 1. The van der Waals surface area contributed by atoms with Gasteiger partial charge in [-0.15, -0.1) is 11.8 Å². The van der Waals surface area contributed by atoms with E-state index in [0.29, 0.717) is 23.6 Å². The molecule has 0 aliphatic carbocycles. The first kappa shape index (κ1) is 13.5. The fourth-order valence-electron chi connectivity index (χ4n) is 1.12. The third-order valence-corrected chi connectivity index (χ3v) is 3.00. The lowest BCUT2D eigenvalue weighted by Crippen LogP contribution is -2.00. The minimum atomic E-state index is -0.969. The first-order valence-corrected chi connectivity index (χ1v) is 6.01. The maximum Gasteiger partial charge on any atom is 0.335 e. The van der Waals surface area contributed by atoms with Crippen molar-refractivity contribution in [2.75, 3.05) is 12.9 Å². The van der Waals surface area contributed by atoms with Gasteiger partial charge >= 0.3 is 11.9 Å². The molecule has 0 aliphatic rings. The number of carboxylic acid groups (broad SMARTS) is 1. The van der Waals surface area contributed by atoms with Crippen LogP contribution < -0.4 is 0 Å². The Hall–Kier alpha value is -1.56. The second kappa shape index (κ2) is 6.90. The van der Waals surface area contributed by atoms with Gasteiger partial charge in [0.25, 0.3) is 0 Å². The van der Waals surface area contributed by atoms with Crippen LogP contribution >= 0.6 is 11.8 Å².